The molecule has 1 aliphatic heterocycles. The zero-order valence-electron chi connectivity index (χ0n) is 13.5. The third-order valence-electron chi connectivity index (χ3n) is 4.07. The van der Waals surface area contributed by atoms with Gasteiger partial charge in [-0.15, -0.1) is 0 Å². The van der Waals surface area contributed by atoms with Crippen molar-refractivity contribution in [3.63, 3.8) is 0 Å². The van der Waals surface area contributed by atoms with Crippen LogP contribution < -0.4 is 5.32 Å². The van der Waals surface area contributed by atoms with Crippen LogP contribution in [0.4, 0.5) is 13.6 Å². The molecule has 1 saturated heterocycles. The van der Waals surface area contributed by atoms with Crippen LogP contribution in [0.25, 0.3) is 0 Å². The zero-order valence-corrected chi connectivity index (χ0v) is 13.5. The topological polar surface area (TPSA) is 61.8 Å². The number of nitrogens with zero attached hydrogens (tertiary/aromatic N) is 1. The van der Waals surface area contributed by atoms with E-state index >= 15 is 0 Å². The summed E-state index contributed by atoms with van der Waals surface area (Å²) in [4.78, 5) is 13.7. The number of aliphatic hydroxyl groups excluding tert-OH is 1. The van der Waals surface area contributed by atoms with Gasteiger partial charge in [0.25, 0.3) is 0 Å². The second kappa shape index (κ2) is 6.80. The number of likely N-dealkylation sites (tertiary alicyclic amines) is 1. The molecule has 0 unspecified atom stereocenters. The summed E-state index contributed by atoms with van der Waals surface area (Å²) in [6.45, 7) is 3.96. The molecule has 0 aliphatic carbocycles. The van der Waals surface area contributed by atoms with Crippen LogP contribution in [0.3, 0.4) is 0 Å². The van der Waals surface area contributed by atoms with E-state index in [0.29, 0.717) is 0 Å². The Kier molecular flexibility index (Phi) is 5.21. The molecule has 1 aromatic carbocycles. The largest absolute Gasteiger partial charge is 0.391 e. The summed E-state index contributed by atoms with van der Waals surface area (Å²) in [5.41, 5.74) is -0.476. The number of amides is 2. The summed E-state index contributed by atoms with van der Waals surface area (Å²) in [6.07, 6.45) is -0.606. The lowest BCUT2D eigenvalue weighted by molar-refractivity contribution is 0.0241. The molecule has 0 spiro atoms. The number of hydrogen-bond acceptors (Lipinski definition) is 3. The van der Waals surface area contributed by atoms with Gasteiger partial charge in [0, 0.05) is 25.8 Å². The molecule has 1 aliphatic rings. The van der Waals surface area contributed by atoms with Crippen molar-refractivity contribution in [2.75, 3.05) is 20.2 Å². The van der Waals surface area contributed by atoms with Crippen molar-refractivity contribution in [2.45, 2.75) is 38.0 Å². The van der Waals surface area contributed by atoms with Crippen molar-refractivity contribution in [3.8, 4) is 0 Å². The lowest BCUT2D eigenvalue weighted by Crippen LogP contribution is -2.46. The van der Waals surface area contributed by atoms with Crippen molar-refractivity contribution in [2.24, 2.45) is 0 Å². The van der Waals surface area contributed by atoms with Crippen LogP contribution in [0.15, 0.2) is 18.2 Å². The van der Waals surface area contributed by atoms with Crippen LogP contribution in [0.2, 0.25) is 0 Å². The summed E-state index contributed by atoms with van der Waals surface area (Å²) >= 11 is 0. The van der Waals surface area contributed by atoms with E-state index in [0.717, 1.165) is 18.2 Å². The van der Waals surface area contributed by atoms with Gasteiger partial charge in [-0.3, -0.25) is 0 Å². The highest BCUT2D eigenvalue weighted by Gasteiger charge is 2.37. The van der Waals surface area contributed by atoms with Gasteiger partial charge in [-0.2, -0.15) is 0 Å². The van der Waals surface area contributed by atoms with Gasteiger partial charge in [0.1, 0.15) is 11.6 Å². The maximum absolute atomic E-state index is 14.0. The Hall–Kier alpha value is -1.73. The van der Waals surface area contributed by atoms with Gasteiger partial charge < -0.3 is 20.1 Å². The van der Waals surface area contributed by atoms with Gasteiger partial charge in [0.05, 0.1) is 17.7 Å². The zero-order chi connectivity index (χ0) is 17.2. The first-order chi connectivity index (χ1) is 10.7. The number of aliphatic hydroxyl groups is 1. The number of β-amino-alcohol motifs (C(OH)–C–C–N with tert-alkyl or cyclic N) is 1. The Morgan fingerprint density at radius 3 is 2.83 bits per heavy atom. The first-order valence-electron chi connectivity index (χ1n) is 7.46. The lowest BCUT2D eigenvalue weighted by atomic mass is 10.0. The number of nitrogens with one attached hydrogen (secondary N) is 1. The average molecular weight is 328 g/mol. The molecule has 1 fully saturated rings. The molecule has 5 nitrogen and oxygen atoms in total. The summed E-state index contributed by atoms with van der Waals surface area (Å²) in [6, 6.07) is 1.97. The fraction of sp³-hybridized carbons (Fsp3) is 0.562. The third-order valence-corrected chi connectivity index (χ3v) is 4.07. The van der Waals surface area contributed by atoms with E-state index in [1.165, 1.54) is 12.0 Å². The fourth-order valence-electron chi connectivity index (χ4n) is 2.57. The van der Waals surface area contributed by atoms with E-state index in [9.17, 15) is 18.7 Å². The van der Waals surface area contributed by atoms with Gasteiger partial charge in [-0.1, -0.05) is 0 Å². The minimum atomic E-state index is -0.774. The van der Waals surface area contributed by atoms with Crippen molar-refractivity contribution in [1.82, 2.24) is 10.2 Å². The molecular weight excluding hydrogens is 306 g/mol. The fourth-order valence-corrected chi connectivity index (χ4v) is 2.57. The molecule has 0 aromatic heterocycles. The number of halogens is 2. The third kappa shape index (κ3) is 4.17. The molecule has 2 rings (SSSR count). The normalized spacial score (nSPS) is 21.6. The van der Waals surface area contributed by atoms with Crippen LogP contribution >= 0.6 is 0 Å². The average Bonchev–Trinajstić information content (AvgIpc) is 2.89. The Balaban J connectivity index is 2.16. The Labute approximate surface area is 134 Å². The summed E-state index contributed by atoms with van der Waals surface area (Å²) in [5.74, 6) is -1.18. The molecule has 0 radical (unpaired) electrons. The van der Waals surface area contributed by atoms with E-state index < -0.39 is 35.4 Å². The van der Waals surface area contributed by atoms with Crippen LogP contribution in [-0.2, 0) is 4.74 Å². The second-order valence-electron chi connectivity index (χ2n) is 6.35. The lowest BCUT2D eigenvalue weighted by Gasteiger charge is -2.28. The van der Waals surface area contributed by atoms with Crippen molar-refractivity contribution in [3.05, 3.63) is 35.4 Å². The highest BCUT2D eigenvalue weighted by Crippen LogP contribution is 2.34. The number of methoxy groups -OCH3 is 1. The highest BCUT2D eigenvalue weighted by atomic mass is 19.1. The van der Waals surface area contributed by atoms with Crippen molar-refractivity contribution >= 4 is 6.03 Å². The number of carbonyl (C=O) groups is 1. The summed E-state index contributed by atoms with van der Waals surface area (Å²) in [5, 5.41) is 12.6. The maximum Gasteiger partial charge on any atom is 0.318 e. The molecule has 2 N–H and O–H groups in total. The van der Waals surface area contributed by atoms with Gasteiger partial charge in [-0.05, 0) is 38.5 Å². The second-order valence-corrected chi connectivity index (χ2v) is 6.35. The number of rotatable bonds is 4. The molecule has 2 atom stereocenters. The first-order valence-corrected chi connectivity index (χ1v) is 7.46. The van der Waals surface area contributed by atoms with Crippen LogP contribution in [0.1, 0.15) is 31.9 Å². The first kappa shape index (κ1) is 17.6. The quantitative estimate of drug-likeness (QED) is 0.891. The molecule has 23 heavy (non-hydrogen) atoms. The molecule has 0 bridgehead atoms. The van der Waals surface area contributed by atoms with E-state index in [2.05, 4.69) is 5.32 Å². The highest BCUT2D eigenvalue weighted by molar-refractivity contribution is 5.75. The van der Waals surface area contributed by atoms with Crippen molar-refractivity contribution < 1.29 is 23.4 Å². The van der Waals surface area contributed by atoms with E-state index in [1.807, 2.05) is 13.8 Å². The number of hydrogen-bond donors (Lipinski definition) is 2. The molecule has 7 heteroatoms. The Bertz CT molecular complexity index is 580. The SMILES string of the molecule is COC(C)(C)CNC(=O)N1C[C@H](O)C[C@H]1c1cc(F)ccc1F. The Morgan fingerprint density at radius 1 is 1.48 bits per heavy atom. The van der Waals surface area contributed by atoms with Crippen molar-refractivity contribution in [1.29, 1.82) is 0 Å². The van der Waals surface area contributed by atoms with Gasteiger partial charge >= 0.3 is 6.03 Å². The molecule has 1 aromatic rings. The van der Waals surface area contributed by atoms with Crippen LogP contribution in [0.5, 0.6) is 0 Å². The smallest absolute Gasteiger partial charge is 0.318 e. The van der Waals surface area contributed by atoms with Gasteiger partial charge in [-0.25, -0.2) is 13.6 Å². The van der Waals surface area contributed by atoms with E-state index in [4.69, 9.17) is 4.74 Å². The van der Waals surface area contributed by atoms with Gasteiger partial charge in [0.2, 0.25) is 0 Å². The van der Waals surface area contributed by atoms with Crippen LogP contribution in [-0.4, -0.2) is 47.9 Å². The van der Waals surface area contributed by atoms with Gasteiger partial charge in [0.15, 0.2) is 0 Å². The number of benzene rings is 1. The molecule has 128 valence electrons. The van der Waals surface area contributed by atoms with E-state index in [1.54, 1.807) is 0 Å². The summed E-state index contributed by atoms with van der Waals surface area (Å²) < 4.78 is 32.6. The number of urea groups is 1. The minimum Gasteiger partial charge on any atom is -0.391 e. The molecule has 1 heterocycles. The number of ether oxygens (including phenoxy) is 1. The monoisotopic (exact) mass is 328 g/mol. The van der Waals surface area contributed by atoms with E-state index in [-0.39, 0.29) is 25.1 Å². The molecular formula is C16H22F2N2O3. The standard InChI is InChI=1S/C16H22F2N2O3/c1-16(2,23-3)9-19-15(22)20-8-11(21)7-14(20)12-6-10(17)4-5-13(12)18/h4-6,11,14,21H,7-9H2,1-3H3,(H,19,22)/t11-,14+/m1/s1. The predicted octanol–water partition coefficient (Wildman–Crippen LogP) is 2.21. The molecule has 0 saturated carbocycles. The Morgan fingerprint density at radius 2 is 2.17 bits per heavy atom. The minimum absolute atomic E-state index is 0.0693. The maximum atomic E-state index is 14.0. The van der Waals surface area contributed by atoms with Crippen LogP contribution in [0, 0.1) is 11.6 Å². The predicted molar refractivity (Wildman–Crippen MR) is 80.9 cm³/mol. The molecule has 2 amide bonds. The summed E-state index contributed by atoms with van der Waals surface area (Å²) in [7, 11) is 1.54. The number of carbonyl (C=O) groups excluding carboxylic acids is 1.